The molecule has 1 aliphatic heterocycles. The van der Waals surface area contributed by atoms with Gasteiger partial charge in [0.1, 0.15) is 17.1 Å². The molecule has 2 atom stereocenters. The van der Waals surface area contributed by atoms with Crippen LogP contribution < -0.4 is 20.9 Å². The van der Waals surface area contributed by atoms with Crippen LogP contribution in [0.3, 0.4) is 0 Å². The Morgan fingerprint density at radius 1 is 1.17 bits per heavy atom. The van der Waals surface area contributed by atoms with E-state index in [-0.39, 0.29) is 11.6 Å². The first-order chi connectivity index (χ1) is 17.1. The molecule has 3 N–H and O–H groups in total. The average molecular weight is 479 g/mol. The van der Waals surface area contributed by atoms with Gasteiger partial charge in [0, 0.05) is 18.5 Å². The lowest BCUT2D eigenvalue weighted by atomic mass is 9.86. The van der Waals surface area contributed by atoms with Crippen molar-refractivity contribution in [3.8, 4) is 17.1 Å². The van der Waals surface area contributed by atoms with E-state index in [2.05, 4.69) is 34.7 Å². The number of aryl methyl sites for hydroxylation is 1. The van der Waals surface area contributed by atoms with Crippen molar-refractivity contribution in [2.45, 2.75) is 77.3 Å². The molecule has 2 fully saturated rings. The van der Waals surface area contributed by atoms with Gasteiger partial charge in [-0.15, -0.1) is 0 Å². The molecule has 1 aliphatic carbocycles. The molecule has 2 aromatic heterocycles. The van der Waals surface area contributed by atoms with Crippen LogP contribution in [0.1, 0.15) is 75.6 Å². The van der Waals surface area contributed by atoms with E-state index in [1.54, 1.807) is 0 Å². The fourth-order valence-corrected chi connectivity index (χ4v) is 5.86. The van der Waals surface area contributed by atoms with Crippen molar-refractivity contribution in [2.24, 2.45) is 0 Å². The summed E-state index contributed by atoms with van der Waals surface area (Å²) in [6.45, 7) is 9.55. The highest BCUT2D eigenvalue weighted by atomic mass is 16.5. The first-order valence-electron chi connectivity index (χ1n) is 13.3. The van der Waals surface area contributed by atoms with E-state index >= 15 is 0 Å². The van der Waals surface area contributed by atoms with Crippen LogP contribution >= 0.6 is 0 Å². The van der Waals surface area contributed by atoms with Crippen LogP contribution in [0.15, 0.2) is 23.0 Å². The molecule has 8 nitrogen and oxygen atoms in total. The van der Waals surface area contributed by atoms with E-state index < -0.39 is 0 Å². The van der Waals surface area contributed by atoms with E-state index in [0.29, 0.717) is 35.4 Å². The van der Waals surface area contributed by atoms with Crippen molar-refractivity contribution in [1.29, 1.82) is 0 Å². The number of ether oxygens (including phenoxy) is 1. The van der Waals surface area contributed by atoms with Crippen LogP contribution in [0.2, 0.25) is 0 Å². The third-order valence-corrected chi connectivity index (χ3v) is 7.58. The van der Waals surface area contributed by atoms with E-state index in [1.165, 1.54) is 24.8 Å². The minimum absolute atomic E-state index is 0.133. The number of H-pyrrole nitrogens is 1. The van der Waals surface area contributed by atoms with Crippen LogP contribution in [-0.2, 0) is 0 Å². The minimum Gasteiger partial charge on any atom is -0.493 e. The Morgan fingerprint density at radius 3 is 2.77 bits per heavy atom. The Balaban J connectivity index is 1.54. The van der Waals surface area contributed by atoms with Gasteiger partial charge in [0.15, 0.2) is 5.52 Å². The van der Waals surface area contributed by atoms with Gasteiger partial charge in [0.25, 0.3) is 5.56 Å². The topological polar surface area (TPSA) is 96.9 Å². The Labute approximate surface area is 206 Å². The number of aromatic amines is 1. The Bertz CT molecular complexity index is 1220. The van der Waals surface area contributed by atoms with Crippen LogP contribution in [0, 0.1) is 6.92 Å². The number of benzene rings is 1. The standard InChI is InChI=1S/C27H38N6O2/c1-4-29-22-13-14-28-16-21(22)18-11-12-20(23(15-18)35-5-2)26-30-24-17(3)32-33(25(24)27(34)31-26)19-9-7-6-8-10-19/h11-12,15,19,21-22,28-29H,4-10,13-14,16H2,1-3H3,(H,30,31,34). The number of nitrogens with zero attached hydrogens (tertiary/aromatic N) is 3. The number of nitrogens with one attached hydrogen (secondary N) is 3. The molecule has 1 aromatic carbocycles. The van der Waals surface area contributed by atoms with Crippen molar-refractivity contribution in [1.82, 2.24) is 30.4 Å². The number of rotatable bonds is 7. The molecule has 2 aliphatic rings. The highest BCUT2D eigenvalue weighted by molar-refractivity contribution is 5.79. The molecule has 0 amide bonds. The smallest absolute Gasteiger partial charge is 0.277 e. The quantitative estimate of drug-likeness (QED) is 0.474. The number of hydrogen-bond acceptors (Lipinski definition) is 6. The van der Waals surface area contributed by atoms with Crippen molar-refractivity contribution in [3.63, 3.8) is 0 Å². The Morgan fingerprint density at radius 2 is 2.00 bits per heavy atom. The van der Waals surface area contributed by atoms with Crippen molar-refractivity contribution < 1.29 is 4.74 Å². The molecule has 3 aromatic rings. The maximum atomic E-state index is 13.3. The number of likely N-dealkylation sites (N-methyl/N-ethyl adjacent to an activating group) is 1. The van der Waals surface area contributed by atoms with Crippen LogP contribution in [0.4, 0.5) is 0 Å². The molecular formula is C27H38N6O2. The molecular weight excluding hydrogens is 440 g/mol. The molecule has 2 unspecified atom stereocenters. The van der Waals surface area contributed by atoms with Crippen LogP contribution in [-0.4, -0.2) is 52.0 Å². The molecule has 1 saturated carbocycles. The van der Waals surface area contributed by atoms with Gasteiger partial charge in [0.05, 0.1) is 23.9 Å². The summed E-state index contributed by atoms with van der Waals surface area (Å²) >= 11 is 0. The summed E-state index contributed by atoms with van der Waals surface area (Å²) < 4.78 is 8.01. The second kappa shape index (κ2) is 10.5. The Kier molecular flexibility index (Phi) is 7.20. The average Bonchev–Trinajstić information content (AvgIpc) is 3.22. The zero-order valence-corrected chi connectivity index (χ0v) is 21.2. The largest absolute Gasteiger partial charge is 0.493 e. The van der Waals surface area contributed by atoms with Crippen molar-refractivity contribution in [2.75, 3.05) is 26.2 Å². The van der Waals surface area contributed by atoms with Gasteiger partial charge in [-0.3, -0.25) is 9.48 Å². The molecule has 3 heterocycles. The van der Waals surface area contributed by atoms with Crippen LogP contribution in [0.25, 0.3) is 22.4 Å². The zero-order valence-electron chi connectivity index (χ0n) is 21.2. The summed E-state index contributed by atoms with van der Waals surface area (Å²) in [6, 6.07) is 7.04. The number of fused-ring (bicyclic) bond motifs is 1. The third kappa shape index (κ3) is 4.74. The second-order valence-electron chi connectivity index (χ2n) is 9.89. The van der Waals surface area contributed by atoms with E-state index in [9.17, 15) is 4.79 Å². The SMILES string of the molecule is CCNC1CCNCC1c1ccc(-c2nc3c(C)nn(C4CCCCC4)c3c(=O)[nH]2)c(OCC)c1. The van der Waals surface area contributed by atoms with Gasteiger partial charge < -0.3 is 20.4 Å². The zero-order chi connectivity index (χ0) is 24.4. The summed E-state index contributed by atoms with van der Waals surface area (Å²) in [4.78, 5) is 21.3. The fourth-order valence-electron chi connectivity index (χ4n) is 5.86. The van der Waals surface area contributed by atoms with Gasteiger partial charge >= 0.3 is 0 Å². The van der Waals surface area contributed by atoms with Gasteiger partial charge in [-0.05, 0) is 63.9 Å². The monoisotopic (exact) mass is 478 g/mol. The first-order valence-corrected chi connectivity index (χ1v) is 13.3. The first kappa shape index (κ1) is 24.0. The normalized spacial score (nSPS) is 21.5. The molecule has 188 valence electrons. The van der Waals surface area contributed by atoms with Gasteiger partial charge in [-0.1, -0.05) is 32.3 Å². The third-order valence-electron chi connectivity index (χ3n) is 7.58. The predicted molar refractivity (Wildman–Crippen MR) is 139 cm³/mol. The predicted octanol–water partition coefficient (Wildman–Crippen LogP) is 4.05. The fraction of sp³-hybridized carbons (Fsp3) is 0.593. The molecule has 0 radical (unpaired) electrons. The summed E-state index contributed by atoms with van der Waals surface area (Å²) in [5, 5.41) is 11.9. The van der Waals surface area contributed by atoms with Gasteiger partial charge in [-0.2, -0.15) is 5.10 Å². The lowest BCUT2D eigenvalue weighted by molar-refractivity contribution is 0.334. The van der Waals surface area contributed by atoms with E-state index in [1.807, 2.05) is 24.6 Å². The molecule has 0 bridgehead atoms. The molecule has 0 spiro atoms. The Hall–Kier alpha value is -2.71. The maximum Gasteiger partial charge on any atom is 0.277 e. The number of hydrogen-bond donors (Lipinski definition) is 3. The second-order valence-corrected chi connectivity index (χ2v) is 9.89. The van der Waals surface area contributed by atoms with Crippen molar-refractivity contribution >= 4 is 11.0 Å². The minimum atomic E-state index is -0.133. The lowest BCUT2D eigenvalue weighted by Gasteiger charge is -2.33. The highest BCUT2D eigenvalue weighted by Gasteiger charge is 2.27. The highest BCUT2D eigenvalue weighted by Crippen LogP contribution is 2.35. The lowest BCUT2D eigenvalue weighted by Crippen LogP contribution is -2.46. The maximum absolute atomic E-state index is 13.3. The summed E-state index contributed by atoms with van der Waals surface area (Å²) in [6.07, 6.45) is 6.86. The summed E-state index contributed by atoms with van der Waals surface area (Å²) in [5.41, 5.74) is 3.99. The molecule has 1 saturated heterocycles. The van der Waals surface area contributed by atoms with Gasteiger partial charge in [0.2, 0.25) is 0 Å². The van der Waals surface area contributed by atoms with Crippen molar-refractivity contribution in [3.05, 3.63) is 39.8 Å². The number of piperidine rings is 1. The molecule has 5 rings (SSSR count). The summed E-state index contributed by atoms with van der Waals surface area (Å²) in [7, 11) is 0. The van der Waals surface area contributed by atoms with Crippen LogP contribution in [0.5, 0.6) is 5.75 Å². The van der Waals surface area contributed by atoms with E-state index in [4.69, 9.17) is 14.8 Å². The number of aromatic nitrogens is 4. The summed E-state index contributed by atoms with van der Waals surface area (Å²) in [5.74, 6) is 1.65. The molecule has 35 heavy (non-hydrogen) atoms. The van der Waals surface area contributed by atoms with Gasteiger partial charge in [-0.25, -0.2) is 4.98 Å². The van der Waals surface area contributed by atoms with E-state index in [0.717, 1.165) is 55.9 Å². The molecule has 8 heteroatoms.